The first-order valence-corrected chi connectivity index (χ1v) is 9.02. The maximum Gasteiger partial charge on any atom is 0.307 e. The first-order valence-electron chi connectivity index (χ1n) is 9.02. The minimum absolute atomic E-state index is 0.147. The summed E-state index contributed by atoms with van der Waals surface area (Å²) < 4.78 is 11.4. The van der Waals surface area contributed by atoms with Crippen molar-refractivity contribution >= 4 is 17.6 Å². The maximum absolute atomic E-state index is 12.7. The molecular formula is C21H23NO5. The van der Waals surface area contributed by atoms with E-state index < -0.39 is 5.97 Å². The van der Waals surface area contributed by atoms with Gasteiger partial charge < -0.3 is 19.9 Å². The second-order valence-corrected chi connectivity index (χ2v) is 6.57. The zero-order valence-corrected chi connectivity index (χ0v) is 15.2. The second kappa shape index (κ2) is 8.58. The normalized spacial score (nSPS) is 14.0. The molecule has 1 aliphatic carbocycles. The van der Waals surface area contributed by atoms with Crippen molar-refractivity contribution in [3.05, 3.63) is 53.6 Å². The molecule has 0 unspecified atom stereocenters. The number of aliphatic carboxylic acids is 1. The number of carbonyl (C=O) groups excluding carboxylic acids is 1. The largest absolute Gasteiger partial charge is 0.493 e. The molecule has 2 aromatic rings. The number of hydrogen-bond acceptors (Lipinski definition) is 4. The summed E-state index contributed by atoms with van der Waals surface area (Å²) in [6, 6.07) is 11.9. The molecule has 6 nitrogen and oxygen atoms in total. The highest BCUT2D eigenvalue weighted by Gasteiger charge is 2.20. The van der Waals surface area contributed by atoms with E-state index in [1.165, 1.54) is 0 Å². The zero-order valence-electron chi connectivity index (χ0n) is 15.2. The summed E-state index contributed by atoms with van der Waals surface area (Å²) in [7, 11) is 1.57. The lowest BCUT2D eigenvalue weighted by Crippen LogP contribution is -2.16. The number of anilines is 1. The maximum atomic E-state index is 12.7. The third-order valence-electron chi connectivity index (χ3n) is 4.63. The van der Waals surface area contributed by atoms with E-state index in [2.05, 4.69) is 5.32 Å². The highest BCUT2D eigenvalue weighted by molar-refractivity contribution is 6.05. The molecule has 2 aromatic carbocycles. The molecule has 0 saturated heterocycles. The van der Waals surface area contributed by atoms with Crippen LogP contribution in [-0.4, -0.2) is 30.2 Å². The van der Waals surface area contributed by atoms with Gasteiger partial charge in [-0.15, -0.1) is 0 Å². The molecule has 3 rings (SSSR count). The Bertz CT molecular complexity index is 827. The number of ether oxygens (including phenoxy) is 2. The van der Waals surface area contributed by atoms with Crippen LogP contribution in [-0.2, 0) is 11.2 Å². The Morgan fingerprint density at radius 1 is 1.11 bits per heavy atom. The van der Waals surface area contributed by atoms with Gasteiger partial charge in [-0.1, -0.05) is 18.2 Å². The molecule has 0 aromatic heterocycles. The Morgan fingerprint density at radius 2 is 1.85 bits per heavy atom. The minimum Gasteiger partial charge on any atom is -0.493 e. The van der Waals surface area contributed by atoms with Crippen molar-refractivity contribution in [2.75, 3.05) is 12.4 Å². The molecule has 1 saturated carbocycles. The molecule has 142 valence electrons. The van der Waals surface area contributed by atoms with Crippen LogP contribution in [0, 0.1) is 0 Å². The summed E-state index contributed by atoms with van der Waals surface area (Å²) in [6.07, 6.45) is 4.29. The first kappa shape index (κ1) is 18.8. The van der Waals surface area contributed by atoms with Gasteiger partial charge in [0.1, 0.15) is 0 Å². The highest BCUT2D eigenvalue weighted by Crippen LogP contribution is 2.32. The van der Waals surface area contributed by atoms with Crippen molar-refractivity contribution in [1.29, 1.82) is 0 Å². The number of carboxylic acids is 1. The van der Waals surface area contributed by atoms with Gasteiger partial charge in [0.2, 0.25) is 0 Å². The Kier molecular flexibility index (Phi) is 5.96. The van der Waals surface area contributed by atoms with Crippen LogP contribution in [0.25, 0.3) is 0 Å². The van der Waals surface area contributed by atoms with E-state index in [1.807, 2.05) is 0 Å². The third kappa shape index (κ3) is 4.78. The third-order valence-corrected chi connectivity index (χ3v) is 4.63. The molecule has 0 spiro atoms. The Hall–Kier alpha value is -3.02. The molecule has 2 N–H and O–H groups in total. The van der Waals surface area contributed by atoms with Crippen LogP contribution in [0.3, 0.4) is 0 Å². The van der Waals surface area contributed by atoms with Gasteiger partial charge in [0, 0.05) is 11.3 Å². The molecule has 0 heterocycles. The average molecular weight is 369 g/mol. The van der Waals surface area contributed by atoms with E-state index in [-0.39, 0.29) is 18.4 Å². The number of nitrogens with one attached hydrogen (secondary N) is 1. The van der Waals surface area contributed by atoms with E-state index >= 15 is 0 Å². The van der Waals surface area contributed by atoms with E-state index in [9.17, 15) is 9.59 Å². The number of hydrogen-bond donors (Lipinski definition) is 2. The van der Waals surface area contributed by atoms with E-state index in [0.717, 1.165) is 25.7 Å². The molecular weight excluding hydrogens is 346 g/mol. The van der Waals surface area contributed by atoms with Gasteiger partial charge in [-0.2, -0.15) is 0 Å². The molecule has 1 fully saturated rings. The molecule has 0 atom stereocenters. The number of methoxy groups -OCH3 is 1. The fourth-order valence-electron chi connectivity index (χ4n) is 3.25. The number of carboxylic acid groups (broad SMARTS) is 1. The summed E-state index contributed by atoms with van der Waals surface area (Å²) >= 11 is 0. The second-order valence-electron chi connectivity index (χ2n) is 6.57. The zero-order chi connectivity index (χ0) is 19.2. The van der Waals surface area contributed by atoms with E-state index in [0.29, 0.717) is 28.3 Å². The number of amides is 1. The number of carbonyl (C=O) groups is 2. The molecule has 1 amide bonds. The monoisotopic (exact) mass is 369 g/mol. The summed E-state index contributed by atoms with van der Waals surface area (Å²) in [4.78, 5) is 23.7. The Balaban J connectivity index is 1.79. The van der Waals surface area contributed by atoms with Gasteiger partial charge >= 0.3 is 5.97 Å². The van der Waals surface area contributed by atoms with Crippen LogP contribution < -0.4 is 14.8 Å². The Labute approximate surface area is 158 Å². The molecule has 1 aliphatic rings. The van der Waals surface area contributed by atoms with Crippen LogP contribution in [0.2, 0.25) is 0 Å². The highest BCUT2D eigenvalue weighted by atomic mass is 16.5. The van der Waals surface area contributed by atoms with Crippen LogP contribution in [0.5, 0.6) is 11.5 Å². The van der Waals surface area contributed by atoms with E-state index in [4.69, 9.17) is 14.6 Å². The van der Waals surface area contributed by atoms with Crippen molar-refractivity contribution in [2.45, 2.75) is 38.2 Å². The lowest BCUT2D eigenvalue weighted by atomic mass is 10.1. The molecule has 0 bridgehead atoms. The lowest BCUT2D eigenvalue weighted by molar-refractivity contribution is -0.136. The van der Waals surface area contributed by atoms with Gasteiger partial charge in [-0.3, -0.25) is 9.59 Å². The lowest BCUT2D eigenvalue weighted by Gasteiger charge is -2.17. The van der Waals surface area contributed by atoms with Crippen LogP contribution in [0.15, 0.2) is 42.5 Å². The molecule has 0 radical (unpaired) electrons. The quantitative estimate of drug-likeness (QED) is 0.773. The summed E-state index contributed by atoms with van der Waals surface area (Å²) in [5, 5.41) is 11.8. The van der Waals surface area contributed by atoms with Crippen LogP contribution in [0.1, 0.15) is 41.6 Å². The van der Waals surface area contributed by atoms with Gasteiger partial charge in [-0.25, -0.2) is 0 Å². The number of benzene rings is 2. The number of para-hydroxylation sites is 1. The Morgan fingerprint density at radius 3 is 2.56 bits per heavy atom. The van der Waals surface area contributed by atoms with Crippen LogP contribution >= 0.6 is 0 Å². The van der Waals surface area contributed by atoms with Crippen molar-refractivity contribution < 1.29 is 24.2 Å². The topological polar surface area (TPSA) is 84.9 Å². The average Bonchev–Trinajstić information content (AvgIpc) is 3.16. The minimum atomic E-state index is -0.951. The molecule has 6 heteroatoms. The van der Waals surface area contributed by atoms with Gasteiger partial charge in [0.25, 0.3) is 5.91 Å². The molecule has 0 aliphatic heterocycles. The predicted molar refractivity (Wildman–Crippen MR) is 102 cm³/mol. The van der Waals surface area contributed by atoms with Crippen molar-refractivity contribution in [1.82, 2.24) is 0 Å². The van der Waals surface area contributed by atoms with Gasteiger partial charge in [0.05, 0.1) is 19.6 Å². The fourth-order valence-corrected chi connectivity index (χ4v) is 3.25. The first-order chi connectivity index (χ1) is 13.1. The SMILES string of the molecule is COc1ccc(C(=O)Nc2ccccc2CC(=O)O)cc1OC1CCCC1. The van der Waals surface area contributed by atoms with Crippen LogP contribution in [0.4, 0.5) is 5.69 Å². The smallest absolute Gasteiger partial charge is 0.307 e. The summed E-state index contributed by atoms with van der Waals surface area (Å²) in [6.45, 7) is 0. The summed E-state index contributed by atoms with van der Waals surface area (Å²) in [5.74, 6) is -0.138. The fraction of sp³-hybridized carbons (Fsp3) is 0.333. The molecule has 27 heavy (non-hydrogen) atoms. The predicted octanol–water partition coefficient (Wildman–Crippen LogP) is 3.90. The summed E-state index contributed by atoms with van der Waals surface area (Å²) in [5.41, 5.74) is 1.46. The van der Waals surface area contributed by atoms with Crippen molar-refractivity contribution in [2.24, 2.45) is 0 Å². The van der Waals surface area contributed by atoms with E-state index in [1.54, 1.807) is 49.6 Å². The van der Waals surface area contributed by atoms with Gasteiger partial charge in [-0.05, 0) is 55.5 Å². The van der Waals surface area contributed by atoms with Gasteiger partial charge in [0.15, 0.2) is 11.5 Å². The standard InChI is InChI=1S/C21H23NO5/c1-26-18-11-10-15(12-19(18)27-16-7-3-4-8-16)21(25)22-17-9-5-2-6-14(17)13-20(23)24/h2,5-6,9-12,16H,3-4,7-8,13H2,1H3,(H,22,25)(H,23,24). The van der Waals surface area contributed by atoms with Crippen molar-refractivity contribution in [3.8, 4) is 11.5 Å². The number of rotatable bonds is 7. The van der Waals surface area contributed by atoms with Crippen molar-refractivity contribution in [3.63, 3.8) is 0 Å².